The molecular weight excluding hydrogens is 235 g/mol. The predicted octanol–water partition coefficient (Wildman–Crippen LogP) is 0.946. The Morgan fingerprint density at radius 1 is 1.56 bits per heavy atom. The van der Waals surface area contributed by atoms with Crippen LogP contribution in [0.15, 0.2) is 23.1 Å². The standard InChI is InChI=1S/C13H19FN2O2/c1-15-5-3-11(7-12(15)17)8-16-6-4-13(14,9-16)10-18-2/h3,5,7H,4,6,8-10H2,1-2H3. The maximum Gasteiger partial charge on any atom is 0.250 e. The van der Waals surface area contributed by atoms with Crippen LogP contribution >= 0.6 is 0 Å². The summed E-state index contributed by atoms with van der Waals surface area (Å²) in [6, 6.07) is 3.50. The third-order valence-electron chi connectivity index (χ3n) is 3.36. The number of alkyl halides is 1. The van der Waals surface area contributed by atoms with Crippen molar-refractivity contribution in [3.63, 3.8) is 0 Å². The zero-order valence-electron chi connectivity index (χ0n) is 10.9. The summed E-state index contributed by atoms with van der Waals surface area (Å²) in [6.07, 6.45) is 2.23. The molecule has 2 heterocycles. The Bertz CT molecular complexity index is 474. The second-order valence-electron chi connectivity index (χ2n) is 5.03. The van der Waals surface area contributed by atoms with Crippen LogP contribution in [0.3, 0.4) is 0 Å². The van der Waals surface area contributed by atoms with Crippen LogP contribution in [-0.2, 0) is 18.3 Å². The van der Waals surface area contributed by atoms with E-state index in [4.69, 9.17) is 4.74 Å². The highest BCUT2D eigenvalue weighted by molar-refractivity contribution is 5.11. The third-order valence-corrected chi connectivity index (χ3v) is 3.36. The molecule has 0 amide bonds. The summed E-state index contributed by atoms with van der Waals surface area (Å²) in [4.78, 5) is 13.5. The maximum atomic E-state index is 14.2. The van der Waals surface area contributed by atoms with Crippen molar-refractivity contribution in [2.24, 2.45) is 7.05 Å². The van der Waals surface area contributed by atoms with Crippen LogP contribution in [0.4, 0.5) is 4.39 Å². The predicted molar refractivity (Wildman–Crippen MR) is 67.3 cm³/mol. The van der Waals surface area contributed by atoms with Crippen molar-refractivity contribution in [2.75, 3.05) is 26.8 Å². The molecule has 1 aromatic rings. The Morgan fingerprint density at radius 3 is 3.00 bits per heavy atom. The lowest BCUT2D eigenvalue weighted by Gasteiger charge is -2.20. The molecule has 4 nitrogen and oxygen atoms in total. The molecule has 1 saturated heterocycles. The summed E-state index contributed by atoms with van der Waals surface area (Å²) in [5.74, 6) is 0. The average molecular weight is 254 g/mol. The summed E-state index contributed by atoms with van der Waals surface area (Å²) in [5, 5.41) is 0. The molecule has 1 aliphatic rings. The van der Waals surface area contributed by atoms with E-state index in [0.717, 1.165) is 5.56 Å². The van der Waals surface area contributed by atoms with Crippen molar-refractivity contribution in [2.45, 2.75) is 18.6 Å². The highest BCUT2D eigenvalue weighted by Crippen LogP contribution is 2.26. The van der Waals surface area contributed by atoms with Crippen LogP contribution in [0, 0.1) is 0 Å². The largest absolute Gasteiger partial charge is 0.381 e. The molecule has 5 heteroatoms. The molecular formula is C13H19FN2O2. The lowest BCUT2D eigenvalue weighted by molar-refractivity contribution is 0.0467. The van der Waals surface area contributed by atoms with Crippen LogP contribution in [0.25, 0.3) is 0 Å². The lowest BCUT2D eigenvalue weighted by Crippen LogP contribution is -2.33. The number of halogens is 1. The number of ether oxygens (including phenoxy) is 1. The fourth-order valence-electron chi connectivity index (χ4n) is 2.37. The molecule has 0 spiro atoms. The fourth-order valence-corrected chi connectivity index (χ4v) is 2.37. The minimum atomic E-state index is -1.24. The third kappa shape index (κ3) is 2.97. The van der Waals surface area contributed by atoms with Crippen LogP contribution in [-0.4, -0.2) is 41.9 Å². The Labute approximate surface area is 106 Å². The molecule has 1 aromatic heterocycles. The van der Waals surface area contributed by atoms with Crippen LogP contribution < -0.4 is 5.56 Å². The van der Waals surface area contributed by atoms with Crippen molar-refractivity contribution in [1.82, 2.24) is 9.47 Å². The first-order chi connectivity index (χ1) is 8.52. The lowest BCUT2D eigenvalue weighted by atomic mass is 10.1. The van der Waals surface area contributed by atoms with Gasteiger partial charge >= 0.3 is 0 Å². The van der Waals surface area contributed by atoms with Gasteiger partial charge in [-0.05, 0) is 18.1 Å². The number of likely N-dealkylation sites (tertiary alicyclic amines) is 1. The number of pyridine rings is 1. The molecule has 2 rings (SSSR count). The smallest absolute Gasteiger partial charge is 0.250 e. The normalized spacial score (nSPS) is 24.6. The van der Waals surface area contributed by atoms with E-state index in [1.165, 1.54) is 11.7 Å². The van der Waals surface area contributed by atoms with Crippen molar-refractivity contribution in [3.05, 3.63) is 34.2 Å². The van der Waals surface area contributed by atoms with Gasteiger partial charge < -0.3 is 9.30 Å². The summed E-state index contributed by atoms with van der Waals surface area (Å²) < 4.78 is 20.6. The maximum absolute atomic E-state index is 14.2. The summed E-state index contributed by atoms with van der Waals surface area (Å²) >= 11 is 0. The van der Waals surface area contributed by atoms with Gasteiger partial charge in [0.15, 0.2) is 0 Å². The van der Waals surface area contributed by atoms with E-state index in [2.05, 4.69) is 0 Å². The van der Waals surface area contributed by atoms with Gasteiger partial charge in [-0.1, -0.05) is 0 Å². The van der Waals surface area contributed by atoms with Crippen LogP contribution in [0.2, 0.25) is 0 Å². The van der Waals surface area contributed by atoms with Crippen molar-refractivity contribution < 1.29 is 9.13 Å². The van der Waals surface area contributed by atoms with Crippen LogP contribution in [0.5, 0.6) is 0 Å². The van der Waals surface area contributed by atoms with Gasteiger partial charge in [-0.25, -0.2) is 4.39 Å². The Balaban J connectivity index is 1.99. The first kappa shape index (κ1) is 13.2. The van der Waals surface area contributed by atoms with E-state index < -0.39 is 5.67 Å². The number of rotatable bonds is 4. The monoisotopic (exact) mass is 254 g/mol. The van der Waals surface area contributed by atoms with Gasteiger partial charge in [-0.2, -0.15) is 0 Å². The van der Waals surface area contributed by atoms with Gasteiger partial charge in [0.25, 0.3) is 5.56 Å². The van der Waals surface area contributed by atoms with Crippen molar-refractivity contribution in [1.29, 1.82) is 0 Å². The highest BCUT2D eigenvalue weighted by atomic mass is 19.1. The zero-order chi connectivity index (χ0) is 13.2. The molecule has 0 bridgehead atoms. The second-order valence-corrected chi connectivity index (χ2v) is 5.03. The summed E-state index contributed by atoms with van der Waals surface area (Å²) in [7, 11) is 3.23. The molecule has 1 aliphatic heterocycles. The summed E-state index contributed by atoms with van der Waals surface area (Å²) in [6.45, 7) is 1.83. The molecule has 0 aromatic carbocycles. The Hall–Kier alpha value is -1.20. The summed E-state index contributed by atoms with van der Waals surface area (Å²) in [5.41, 5.74) is -0.344. The number of methoxy groups -OCH3 is 1. The minimum Gasteiger partial charge on any atom is -0.381 e. The Morgan fingerprint density at radius 2 is 2.33 bits per heavy atom. The number of aryl methyl sites for hydroxylation is 1. The minimum absolute atomic E-state index is 0.0323. The van der Waals surface area contributed by atoms with Gasteiger partial charge in [0.2, 0.25) is 0 Å². The van der Waals surface area contributed by atoms with E-state index in [9.17, 15) is 9.18 Å². The molecule has 0 saturated carbocycles. The molecule has 0 aliphatic carbocycles. The zero-order valence-corrected chi connectivity index (χ0v) is 10.9. The average Bonchev–Trinajstić information content (AvgIpc) is 2.66. The SMILES string of the molecule is COCC1(F)CCN(Cc2ccn(C)c(=O)c2)C1. The topological polar surface area (TPSA) is 34.5 Å². The van der Waals surface area contributed by atoms with Gasteiger partial charge in [0.1, 0.15) is 5.67 Å². The molecule has 1 atom stereocenters. The van der Waals surface area contributed by atoms with E-state index in [0.29, 0.717) is 26.1 Å². The van der Waals surface area contributed by atoms with Gasteiger partial charge in [-0.15, -0.1) is 0 Å². The first-order valence-corrected chi connectivity index (χ1v) is 6.08. The first-order valence-electron chi connectivity index (χ1n) is 6.08. The van der Waals surface area contributed by atoms with Gasteiger partial charge in [0.05, 0.1) is 6.61 Å². The van der Waals surface area contributed by atoms with E-state index in [-0.39, 0.29) is 12.2 Å². The van der Waals surface area contributed by atoms with Crippen LogP contribution in [0.1, 0.15) is 12.0 Å². The molecule has 0 radical (unpaired) electrons. The van der Waals surface area contributed by atoms with Crippen molar-refractivity contribution in [3.8, 4) is 0 Å². The number of hydrogen-bond acceptors (Lipinski definition) is 3. The van der Waals surface area contributed by atoms with E-state index >= 15 is 0 Å². The number of hydrogen-bond donors (Lipinski definition) is 0. The number of nitrogens with zero attached hydrogens (tertiary/aromatic N) is 2. The molecule has 1 fully saturated rings. The molecule has 18 heavy (non-hydrogen) atoms. The quantitative estimate of drug-likeness (QED) is 0.802. The molecule has 100 valence electrons. The van der Waals surface area contributed by atoms with E-state index in [1.807, 2.05) is 11.0 Å². The fraction of sp³-hybridized carbons (Fsp3) is 0.615. The molecule has 1 unspecified atom stereocenters. The molecule has 0 N–H and O–H groups in total. The van der Waals surface area contributed by atoms with Gasteiger partial charge in [0, 0.05) is 46.1 Å². The Kier molecular flexibility index (Phi) is 3.82. The van der Waals surface area contributed by atoms with Gasteiger partial charge in [-0.3, -0.25) is 9.69 Å². The number of aromatic nitrogens is 1. The van der Waals surface area contributed by atoms with E-state index in [1.54, 1.807) is 19.3 Å². The highest BCUT2D eigenvalue weighted by Gasteiger charge is 2.38. The van der Waals surface area contributed by atoms with Crippen molar-refractivity contribution >= 4 is 0 Å². The second kappa shape index (κ2) is 5.20.